The molecule has 3 aromatic rings. The predicted molar refractivity (Wildman–Crippen MR) is 78.2 cm³/mol. The summed E-state index contributed by atoms with van der Waals surface area (Å²) in [4.78, 5) is 7.86. The Kier molecular flexibility index (Phi) is 3.02. The van der Waals surface area contributed by atoms with Crippen LogP contribution in [0.2, 0.25) is 0 Å². The molecule has 0 saturated heterocycles. The second kappa shape index (κ2) is 4.74. The monoisotopic (exact) mass is 304 g/mol. The summed E-state index contributed by atoms with van der Waals surface area (Å²) in [6.45, 7) is 1.72. The van der Waals surface area contributed by atoms with E-state index in [0.29, 0.717) is 22.7 Å². The van der Waals surface area contributed by atoms with Crippen molar-refractivity contribution in [1.29, 1.82) is 0 Å². The molecule has 1 aromatic carbocycles. The zero-order valence-electron chi connectivity index (χ0n) is 11.1. The van der Waals surface area contributed by atoms with Gasteiger partial charge in [-0.2, -0.15) is 0 Å². The first kappa shape index (κ1) is 13.4. The summed E-state index contributed by atoms with van der Waals surface area (Å²) in [6, 6.07) is 7.74. The topological polar surface area (TPSA) is 111 Å². The highest BCUT2D eigenvalue weighted by Gasteiger charge is 2.18. The Labute approximate surface area is 120 Å². The lowest BCUT2D eigenvalue weighted by molar-refractivity contribution is 0.561. The molecule has 2 heterocycles. The number of hydrogen-bond donors (Lipinski definition) is 2. The number of anilines is 2. The SMILES string of the molecule is Cc1nc2cc(NS(=O)(=O)c3cccnc3N)ccc2o1. The van der Waals surface area contributed by atoms with Gasteiger partial charge in [0.2, 0.25) is 0 Å². The van der Waals surface area contributed by atoms with Gasteiger partial charge in [-0.25, -0.2) is 18.4 Å². The molecule has 8 heteroatoms. The molecule has 0 aliphatic carbocycles. The van der Waals surface area contributed by atoms with Crippen LogP contribution in [0.25, 0.3) is 11.1 Å². The van der Waals surface area contributed by atoms with E-state index in [1.165, 1.54) is 18.3 Å². The van der Waals surface area contributed by atoms with Gasteiger partial charge in [-0.05, 0) is 30.3 Å². The number of nitrogens with zero attached hydrogens (tertiary/aromatic N) is 2. The van der Waals surface area contributed by atoms with E-state index in [1.54, 1.807) is 25.1 Å². The van der Waals surface area contributed by atoms with Crippen LogP contribution in [0.4, 0.5) is 11.5 Å². The van der Waals surface area contributed by atoms with E-state index in [2.05, 4.69) is 14.7 Å². The Balaban J connectivity index is 1.99. The third-order valence-electron chi connectivity index (χ3n) is 2.84. The molecule has 0 spiro atoms. The van der Waals surface area contributed by atoms with Gasteiger partial charge in [-0.3, -0.25) is 4.72 Å². The van der Waals surface area contributed by atoms with Crippen LogP contribution in [0.1, 0.15) is 5.89 Å². The first-order valence-electron chi connectivity index (χ1n) is 6.06. The molecule has 0 atom stereocenters. The number of oxazole rings is 1. The summed E-state index contributed by atoms with van der Waals surface area (Å²) in [6.07, 6.45) is 1.43. The highest BCUT2D eigenvalue weighted by Crippen LogP contribution is 2.23. The average Bonchev–Trinajstić information content (AvgIpc) is 2.78. The van der Waals surface area contributed by atoms with E-state index >= 15 is 0 Å². The standard InChI is InChI=1S/C13H12N4O3S/c1-8-16-10-7-9(4-5-11(10)20-8)17-21(18,19)12-3-2-6-15-13(12)14/h2-7,17H,1H3,(H2,14,15). The number of nitrogens with one attached hydrogen (secondary N) is 1. The number of pyridine rings is 1. The molecule has 7 nitrogen and oxygen atoms in total. The number of aryl methyl sites for hydroxylation is 1. The van der Waals surface area contributed by atoms with Gasteiger partial charge in [0.05, 0.1) is 5.69 Å². The minimum atomic E-state index is -3.80. The molecule has 3 rings (SSSR count). The molecular formula is C13H12N4O3S. The Morgan fingerprint density at radius 3 is 2.86 bits per heavy atom. The van der Waals surface area contributed by atoms with Gasteiger partial charge in [0.25, 0.3) is 10.0 Å². The van der Waals surface area contributed by atoms with Crippen LogP contribution >= 0.6 is 0 Å². The average molecular weight is 304 g/mol. The fourth-order valence-electron chi connectivity index (χ4n) is 1.95. The summed E-state index contributed by atoms with van der Waals surface area (Å²) in [5.74, 6) is 0.463. The molecule has 0 radical (unpaired) electrons. The van der Waals surface area contributed by atoms with E-state index in [-0.39, 0.29) is 10.7 Å². The van der Waals surface area contributed by atoms with Gasteiger partial charge in [0.1, 0.15) is 16.2 Å². The van der Waals surface area contributed by atoms with Gasteiger partial charge in [-0.1, -0.05) is 0 Å². The van der Waals surface area contributed by atoms with Crippen LogP contribution in [0.3, 0.4) is 0 Å². The van der Waals surface area contributed by atoms with Gasteiger partial charge in [0.15, 0.2) is 11.5 Å². The van der Waals surface area contributed by atoms with Gasteiger partial charge in [-0.15, -0.1) is 0 Å². The second-order valence-electron chi connectivity index (χ2n) is 4.41. The van der Waals surface area contributed by atoms with Crippen molar-refractivity contribution in [1.82, 2.24) is 9.97 Å². The van der Waals surface area contributed by atoms with Crippen LogP contribution in [-0.4, -0.2) is 18.4 Å². The third kappa shape index (κ3) is 2.52. The van der Waals surface area contributed by atoms with E-state index in [9.17, 15) is 8.42 Å². The number of sulfonamides is 1. The van der Waals surface area contributed by atoms with E-state index in [1.807, 2.05) is 0 Å². The lowest BCUT2D eigenvalue weighted by atomic mass is 10.3. The Morgan fingerprint density at radius 1 is 1.29 bits per heavy atom. The number of nitrogens with two attached hydrogens (primary N) is 1. The van der Waals surface area contributed by atoms with Crippen molar-refractivity contribution >= 4 is 32.6 Å². The summed E-state index contributed by atoms with van der Waals surface area (Å²) in [5, 5.41) is 0. The van der Waals surface area contributed by atoms with Crippen molar-refractivity contribution < 1.29 is 12.8 Å². The lowest BCUT2D eigenvalue weighted by Gasteiger charge is -2.09. The summed E-state index contributed by atoms with van der Waals surface area (Å²) >= 11 is 0. The van der Waals surface area contributed by atoms with E-state index in [0.717, 1.165) is 0 Å². The molecule has 0 amide bonds. The molecule has 0 bridgehead atoms. The second-order valence-corrected chi connectivity index (χ2v) is 6.06. The van der Waals surface area contributed by atoms with Crippen molar-refractivity contribution in [3.63, 3.8) is 0 Å². The van der Waals surface area contributed by atoms with E-state index < -0.39 is 10.0 Å². The van der Waals surface area contributed by atoms with Crippen molar-refractivity contribution in [2.45, 2.75) is 11.8 Å². The zero-order valence-corrected chi connectivity index (χ0v) is 11.9. The smallest absolute Gasteiger partial charge is 0.265 e. The number of fused-ring (bicyclic) bond motifs is 1. The number of benzene rings is 1. The van der Waals surface area contributed by atoms with Crippen LogP contribution < -0.4 is 10.5 Å². The summed E-state index contributed by atoms with van der Waals surface area (Å²) in [7, 11) is -3.80. The van der Waals surface area contributed by atoms with Crippen molar-refractivity contribution in [2.75, 3.05) is 10.5 Å². The molecule has 0 aliphatic heterocycles. The quantitative estimate of drug-likeness (QED) is 0.764. The van der Waals surface area contributed by atoms with Crippen LogP contribution in [0.5, 0.6) is 0 Å². The lowest BCUT2D eigenvalue weighted by Crippen LogP contribution is -2.15. The summed E-state index contributed by atoms with van der Waals surface area (Å²) < 4.78 is 32.4. The molecule has 0 fully saturated rings. The number of aromatic nitrogens is 2. The normalized spacial score (nSPS) is 11.7. The maximum atomic E-state index is 12.3. The highest BCUT2D eigenvalue weighted by atomic mass is 32.2. The van der Waals surface area contributed by atoms with Crippen LogP contribution in [0, 0.1) is 6.92 Å². The number of rotatable bonds is 3. The van der Waals surface area contributed by atoms with E-state index in [4.69, 9.17) is 10.2 Å². The highest BCUT2D eigenvalue weighted by molar-refractivity contribution is 7.92. The third-order valence-corrected chi connectivity index (χ3v) is 4.26. The largest absolute Gasteiger partial charge is 0.441 e. The van der Waals surface area contributed by atoms with Crippen molar-refractivity contribution in [2.24, 2.45) is 0 Å². The minimum Gasteiger partial charge on any atom is -0.441 e. The molecule has 0 aliphatic rings. The molecular weight excluding hydrogens is 292 g/mol. The minimum absolute atomic E-state index is 0.0524. The first-order valence-corrected chi connectivity index (χ1v) is 7.54. The fourth-order valence-corrected chi connectivity index (χ4v) is 3.08. The predicted octanol–water partition coefficient (Wildman–Crippen LogP) is 1.91. The Hall–Kier alpha value is -2.61. The Bertz CT molecular complexity index is 918. The van der Waals surface area contributed by atoms with Crippen LogP contribution in [0.15, 0.2) is 45.8 Å². The van der Waals surface area contributed by atoms with Gasteiger partial charge < -0.3 is 10.2 Å². The molecule has 3 N–H and O–H groups in total. The number of hydrogen-bond acceptors (Lipinski definition) is 6. The molecule has 21 heavy (non-hydrogen) atoms. The molecule has 2 aromatic heterocycles. The van der Waals surface area contributed by atoms with Crippen molar-refractivity contribution in [3.05, 3.63) is 42.4 Å². The van der Waals surface area contributed by atoms with Crippen LogP contribution in [-0.2, 0) is 10.0 Å². The van der Waals surface area contributed by atoms with Crippen molar-refractivity contribution in [3.8, 4) is 0 Å². The number of nitrogen functional groups attached to an aromatic ring is 1. The summed E-state index contributed by atoms with van der Waals surface area (Å²) in [5.41, 5.74) is 7.14. The first-order chi connectivity index (χ1) is 9.95. The maximum absolute atomic E-state index is 12.3. The zero-order chi connectivity index (χ0) is 15.0. The Morgan fingerprint density at radius 2 is 2.10 bits per heavy atom. The molecule has 0 unspecified atom stereocenters. The van der Waals surface area contributed by atoms with Gasteiger partial charge >= 0.3 is 0 Å². The molecule has 0 saturated carbocycles. The maximum Gasteiger partial charge on any atom is 0.265 e. The van der Waals surface area contributed by atoms with Gasteiger partial charge in [0, 0.05) is 13.1 Å². The molecule has 108 valence electrons. The fraction of sp³-hybridized carbons (Fsp3) is 0.0769.